The van der Waals surface area contributed by atoms with Crippen LogP contribution in [0.15, 0.2) is 47.4 Å². The summed E-state index contributed by atoms with van der Waals surface area (Å²) < 4.78 is 54.7. The van der Waals surface area contributed by atoms with E-state index in [-0.39, 0.29) is 59.2 Å². The quantitative estimate of drug-likeness (QED) is 0.381. The number of likely N-dealkylation sites (N-methyl/N-ethyl adjacent to an activating group) is 1. The molecule has 4 rings (SSSR count). The summed E-state index contributed by atoms with van der Waals surface area (Å²) in [7, 11) is -2.26. The van der Waals surface area contributed by atoms with Crippen molar-refractivity contribution >= 4 is 27.5 Å². The zero-order valence-electron chi connectivity index (χ0n) is 28.0. The SMILES string of the molecule is C[C@@H]1CN([C@H](C)CO)C(=O)c2cc(NS(=O)(=O)c3ccc(F)cc3)ccc2O[C@@H](C)CCCCO[C@H]1CN(C)C(=O)C1CCCCC1. The van der Waals surface area contributed by atoms with E-state index in [4.69, 9.17) is 9.47 Å². The summed E-state index contributed by atoms with van der Waals surface area (Å²) >= 11 is 0. The molecule has 2 aromatic carbocycles. The van der Waals surface area contributed by atoms with Crippen molar-refractivity contribution in [2.45, 2.75) is 95.3 Å². The van der Waals surface area contributed by atoms with Crippen LogP contribution in [0.4, 0.5) is 10.1 Å². The molecule has 10 nitrogen and oxygen atoms in total. The Morgan fingerprint density at radius 1 is 1.06 bits per heavy atom. The number of nitrogens with one attached hydrogen (secondary N) is 1. The summed E-state index contributed by atoms with van der Waals surface area (Å²) in [6.45, 7) is 6.45. The van der Waals surface area contributed by atoms with E-state index in [1.165, 1.54) is 12.1 Å². The summed E-state index contributed by atoms with van der Waals surface area (Å²) in [6.07, 6.45) is 6.83. The van der Waals surface area contributed by atoms with E-state index in [2.05, 4.69) is 4.72 Å². The fourth-order valence-corrected chi connectivity index (χ4v) is 7.35. The third-order valence-corrected chi connectivity index (χ3v) is 10.6. The molecule has 1 aliphatic carbocycles. The molecule has 0 spiro atoms. The number of aliphatic hydroxyl groups excluding tert-OH is 1. The third kappa shape index (κ3) is 9.90. The predicted molar refractivity (Wildman–Crippen MR) is 178 cm³/mol. The van der Waals surface area contributed by atoms with Gasteiger partial charge in [-0.1, -0.05) is 26.2 Å². The smallest absolute Gasteiger partial charge is 0.261 e. The molecule has 0 aromatic heterocycles. The monoisotopic (exact) mass is 675 g/mol. The van der Waals surface area contributed by atoms with Crippen molar-refractivity contribution in [3.05, 3.63) is 53.8 Å². The van der Waals surface area contributed by atoms with Gasteiger partial charge >= 0.3 is 0 Å². The van der Waals surface area contributed by atoms with Gasteiger partial charge in [0.15, 0.2) is 0 Å². The molecule has 1 fully saturated rings. The minimum absolute atomic E-state index is 0.0303. The van der Waals surface area contributed by atoms with Gasteiger partial charge in [-0.3, -0.25) is 14.3 Å². The summed E-state index contributed by atoms with van der Waals surface area (Å²) in [5.41, 5.74) is 0.273. The van der Waals surface area contributed by atoms with Crippen molar-refractivity contribution in [1.29, 1.82) is 0 Å². The zero-order valence-corrected chi connectivity index (χ0v) is 28.8. The van der Waals surface area contributed by atoms with Crippen LogP contribution in [0.2, 0.25) is 0 Å². The van der Waals surface area contributed by atoms with Gasteiger partial charge in [0, 0.05) is 44.3 Å². The minimum atomic E-state index is -4.08. The number of anilines is 1. The van der Waals surface area contributed by atoms with E-state index in [0.29, 0.717) is 25.3 Å². The topological polar surface area (TPSA) is 125 Å². The van der Waals surface area contributed by atoms with Gasteiger partial charge in [-0.15, -0.1) is 0 Å². The first-order valence-corrected chi connectivity index (χ1v) is 18.3. The molecular weight excluding hydrogens is 625 g/mol. The average molecular weight is 676 g/mol. The second kappa shape index (κ2) is 16.7. The summed E-state index contributed by atoms with van der Waals surface area (Å²) in [5.74, 6) is -0.742. The molecule has 2 N–H and O–H groups in total. The maximum Gasteiger partial charge on any atom is 0.261 e. The molecule has 2 aliphatic rings. The molecular formula is C35H50FN3O7S. The number of carbonyl (C=O) groups excluding carboxylic acids is 2. The van der Waals surface area contributed by atoms with E-state index in [1.54, 1.807) is 22.8 Å². The van der Waals surface area contributed by atoms with Crippen molar-refractivity contribution in [2.24, 2.45) is 11.8 Å². The first kappa shape index (κ1) is 36.6. The maximum atomic E-state index is 14.3. The van der Waals surface area contributed by atoms with Crippen molar-refractivity contribution < 1.29 is 37.0 Å². The van der Waals surface area contributed by atoms with E-state index in [0.717, 1.165) is 69.2 Å². The number of halogens is 1. The van der Waals surface area contributed by atoms with Gasteiger partial charge in [0.05, 0.1) is 35.3 Å². The molecule has 0 saturated heterocycles. The van der Waals surface area contributed by atoms with Gasteiger partial charge in [-0.25, -0.2) is 12.8 Å². The highest BCUT2D eigenvalue weighted by Gasteiger charge is 2.32. The van der Waals surface area contributed by atoms with Crippen LogP contribution in [0.3, 0.4) is 0 Å². The highest BCUT2D eigenvalue weighted by Crippen LogP contribution is 2.30. The Morgan fingerprint density at radius 3 is 2.43 bits per heavy atom. The second-order valence-electron chi connectivity index (χ2n) is 13.1. The number of hydrogen-bond donors (Lipinski definition) is 2. The fourth-order valence-electron chi connectivity index (χ4n) is 6.30. The van der Waals surface area contributed by atoms with Crippen LogP contribution in [-0.2, 0) is 19.6 Å². The number of aliphatic hydroxyl groups is 1. The third-order valence-electron chi connectivity index (χ3n) is 9.21. The largest absolute Gasteiger partial charge is 0.490 e. The molecule has 4 atom stereocenters. The lowest BCUT2D eigenvalue weighted by molar-refractivity contribution is -0.137. The molecule has 0 radical (unpaired) electrons. The van der Waals surface area contributed by atoms with Crippen molar-refractivity contribution in [3.63, 3.8) is 0 Å². The number of hydrogen-bond acceptors (Lipinski definition) is 7. The van der Waals surface area contributed by atoms with Gasteiger partial charge in [0.1, 0.15) is 11.6 Å². The van der Waals surface area contributed by atoms with Crippen LogP contribution in [0, 0.1) is 17.7 Å². The Morgan fingerprint density at radius 2 is 1.74 bits per heavy atom. The van der Waals surface area contributed by atoms with Crippen molar-refractivity contribution in [2.75, 3.05) is 38.1 Å². The standard InChI is InChI=1S/C35H50FN3O7S/c1-24-21-39(25(2)23-40)35(42)31-20-29(37-47(43,44)30-16-13-28(36)14-17-30)15-18-32(31)46-26(3)10-8-9-19-45-33(24)22-38(4)34(41)27-11-6-5-7-12-27/h13-18,20,24-27,33,37,40H,5-12,19,21-23H2,1-4H3/t24-,25-,26+,33+/m1/s1. The van der Waals surface area contributed by atoms with Gasteiger partial charge < -0.3 is 24.4 Å². The van der Waals surface area contributed by atoms with Crippen molar-refractivity contribution in [3.8, 4) is 5.75 Å². The molecule has 1 aliphatic heterocycles. The number of rotatable bonds is 8. The summed E-state index contributed by atoms with van der Waals surface area (Å²) in [5, 5.41) is 10.2. The van der Waals surface area contributed by atoms with Crippen LogP contribution in [0.25, 0.3) is 0 Å². The Hall–Kier alpha value is -3.22. The molecule has 47 heavy (non-hydrogen) atoms. The number of fused-ring (bicyclic) bond motifs is 1. The molecule has 1 heterocycles. The van der Waals surface area contributed by atoms with Gasteiger partial charge in [0.2, 0.25) is 5.91 Å². The molecule has 260 valence electrons. The molecule has 12 heteroatoms. The Labute approximate surface area is 278 Å². The van der Waals surface area contributed by atoms with Crippen LogP contribution in [0.1, 0.15) is 82.5 Å². The molecule has 0 unspecified atom stereocenters. The number of ether oxygens (including phenoxy) is 2. The summed E-state index contributed by atoms with van der Waals surface area (Å²) in [4.78, 5) is 30.9. The van der Waals surface area contributed by atoms with Crippen LogP contribution in [0.5, 0.6) is 5.75 Å². The normalized spacial score (nSPS) is 22.8. The number of amides is 2. The minimum Gasteiger partial charge on any atom is -0.490 e. The van der Waals surface area contributed by atoms with Crippen LogP contribution in [-0.4, -0.2) is 86.7 Å². The second-order valence-corrected chi connectivity index (χ2v) is 14.8. The zero-order chi connectivity index (χ0) is 34.1. The fraction of sp³-hybridized carbons (Fsp3) is 0.600. The number of sulfonamides is 1. The van der Waals surface area contributed by atoms with Crippen LogP contribution < -0.4 is 9.46 Å². The highest BCUT2D eigenvalue weighted by molar-refractivity contribution is 7.92. The number of carbonyl (C=O) groups is 2. The molecule has 0 bridgehead atoms. The van der Waals surface area contributed by atoms with E-state index < -0.39 is 27.8 Å². The predicted octanol–water partition coefficient (Wildman–Crippen LogP) is 5.46. The lowest BCUT2D eigenvalue weighted by atomic mass is 9.88. The van der Waals surface area contributed by atoms with E-state index >= 15 is 0 Å². The molecule has 2 amide bonds. The van der Waals surface area contributed by atoms with E-state index in [1.807, 2.05) is 20.9 Å². The summed E-state index contributed by atoms with van der Waals surface area (Å²) in [6, 6.07) is 8.40. The van der Waals surface area contributed by atoms with Gasteiger partial charge in [-0.2, -0.15) is 0 Å². The Balaban J connectivity index is 1.64. The first-order valence-electron chi connectivity index (χ1n) is 16.8. The lowest BCUT2D eigenvalue weighted by Gasteiger charge is -2.36. The van der Waals surface area contributed by atoms with E-state index in [9.17, 15) is 27.5 Å². The maximum absolute atomic E-state index is 14.3. The average Bonchev–Trinajstić information content (AvgIpc) is 3.06. The molecule has 2 aromatic rings. The Kier molecular flexibility index (Phi) is 13.0. The number of benzene rings is 2. The highest BCUT2D eigenvalue weighted by atomic mass is 32.2. The van der Waals surface area contributed by atoms with Crippen molar-refractivity contribution in [1.82, 2.24) is 9.80 Å². The Bertz CT molecular complexity index is 1450. The van der Waals surface area contributed by atoms with Gasteiger partial charge in [0.25, 0.3) is 15.9 Å². The lowest BCUT2D eigenvalue weighted by Crippen LogP contribution is -2.48. The van der Waals surface area contributed by atoms with Gasteiger partial charge in [-0.05, 0) is 88.4 Å². The molecule has 1 saturated carbocycles. The van der Waals surface area contributed by atoms with Crippen LogP contribution >= 0.6 is 0 Å². The number of nitrogens with zero attached hydrogens (tertiary/aromatic N) is 2. The first-order chi connectivity index (χ1) is 22.4.